The fourth-order valence-electron chi connectivity index (χ4n) is 7.69. The van der Waals surface area contributed by atoms with E-state index in [1.165, 1.54) is 48.0 Å². The van der Waals surface area contributed by atoms with Gasteiger partial charge in [-0.25, -0.2) is 8.42 Å². The molecule has 2 saturated carbocycles. The molecule has 2 bridgehead atoms. The number of benzene rings is 1. The molecule has 3 fully saturated rings. The molecule has 5 atom stereocenters. The first kappa shape index (κ1) is 26.1. The molecule has 11 heteroatoms. The molecule has 0 radical (unpaired) electrons. The van der Waals surface area contributed by atoms with Crippen LogP contribution < -0.4 is 4.74 Å². The van der Waals surface area contributed by atoms with Gasteiger partial charge in [-0.1, -0.05) is 13.0 Å². The Morgan fingerprint density at radius 1 is 1.25 bits per heavy atom. The average Bonchev–Trinajstić information content (AvgIpc) is 3.52. The van der Waals surface area contributed by atoms with E-state index >= 15 is 0 Å². The van der Waals surface area contributed by atoms with E-state index in [1.54, 1.807) is 0 Å². The molecule has 6 rings (SSSR count). The molecule has 2 heterocycles. The molecule has 2 unspecified atom stereocenters. The SMILES string of the molecule is CCCOC12CCC[C@@H]3Oc4c(O)ccc5c4[C@@]31CC[N+](C)(CC1CC1)[C@@H]2C5.O=S(=O)([O-])C(F)(F)F. The van der Waals surface area contributed by atoms with Crippen LogP contribution in [0.4, 0.5) is 13.2 Å². The van der Waals surface area contributed by atoms with E-state index in [2.05, 4.69) is 20.0 Å². The summed E-state index contributed by atoms with van der Waals surface area (Å²) >= 11 is 0. The number of hydrogen-bond acceptors (Lipinski definition) is 6. The number of hydrogen-bond donors (Lipinski definition) is 1. The predicted molar refractivity (Wildman–Crippen MR) is 124 cm³/mol. The van der Waals surface area contributed by atoms with Gasteiger partial charge in [0.15, 0.2) is 21.6 Å². The number of quaternary nitrogens is 1. The largest absolute Gasteiger partial charge is 0.741 e. The fraction of sp³-hybridized carbons (Fsp3) is 0.760. The van der Waals surface area contributed by atoms with Crippen LogP contribution in [-0.4, -0.2) is 72.6 Å². The van der Waals surface area contributed by atoms with E-state index in [9.17, 15) is 18.3 Å². The van der Waals surface area contributed by atoms with Gasteiger partial charge < -0.3 is 23.6 Å². The highest BCUT2D eigenvalue weighted by Crippen LogP contribution is 2.67. The minimum absolute atomic E-state index is 0.0615. The number of likely N-dealkylation sites (N-methyl/N-ethyl adjacent to an activating group) is 1. The Bertz CT molecular complexity index is 1140. The maximum absolute atomic E-state index is 10.7. The highest BCUT2D eigenvalue weighted by molar-refractivity contribution is 7.86. The summed E-state index contributed by atoms with van der Waals surface area (Å²) in [4.78, 5) is 0. The maximum atomic E-state index is 10.7. The van der Waals surface area contributed by atoms with Crippen molar-refractivity contribution in [1.82, 2.24) is 0 Å². The average molecular weight is 534 g/mol. The van der Waals surface area contributed by atoms with Crippen LogP contribution in [0.2, 0.25) is 0 Å². The smallest absolute Gasteiger partial charge is 0.485 e. The first-order valence-electron chi connectivity index (χ1n) is 12.8. The molecule has 1 spiro atoms. The van der Waals surface area contributed by atoms with Gasteiger partial charge >= 0.3 is 5.51 Å². The number of phenols is 1. The Hall–Kier alpha value is -1.56. The van der Waals surface area contributed by atoms with Gasteiger partial charge in [-0.2, -0.15) is 13.2 Å². The maximum Gasteiger partial charge on any atom is 0.485 e. The molecule has 36 heavy (non-hydrogen) atoms. The van der Waals surface area contributed by atoms with Crippen LogP contribution in [0.15, 0.2) is 12.1 Å². The Morgan fingerprint density at radius 2 is 1.94 bits per heavy atom. The number of aromatic hydroxyl groups is 1. The van der Waals surface area contributed by atoms with Crippen molar-refractivity contribution in [2.24, 2.45) is 5.92 Å². The van der Waals surface area contributed by atoms with E-state index < -0.39 is 15.6 Å². The summed E-state index contributed by atoms with van der Waals surface area (Å²) in [6.07, 6.45) is 9.64. The van der Waals surface area contributed by atoms with Crippen molar-refractivity contribution in [2.75, 3.05) is 26.7 Å². The van der Waals surface area contributed by atoms with Crippen molar-refractivity contribution in [1.29, 1.82) is 0 Å². The highest BCUT2D eigenvalue weighted by atomic mass is 32.2. The Balaban J connectivity index is 0.000000292. The molecule has 202 valence electrons. The van der Waals surface area contributed by atoms with E-state index in [0.29, 0.717) is 11.8 Å². The fourth-order valence-corrected chi connectivity index (χ4v) is 7.69. The number of nitrogens with zero attached hydrogens (tertiary/aromatic N) is 1. The molecule has 1 aromatic rings. The van der Waals surface area contributed by atoms with E-state index in [-0.39, 0.29) is 17.1 Å². The van der Waals surface area contributed by atoms with E-state index in [0.717, 1.165) is 50.4 Å². The lowest BCUT2D eigenvalue weighted by Crippen LogP contribution is -2.80. The quantitative estimate of drug-likeness (QED) is 0.350. The molecular weight excluding hydrogens is 499 g/mol. The first-order valence-corrected chi connectivity index (χ1v) is 14.2. The van der Waals surface area contributed by atoms with Crippen molar-refractivity contribution in [3.63, 3.8) is 0 Å². The molecular formula is C25H34F3NO6S. The van der Waals surface area contributed by atoms with Crippen LogP contribution in [0.1, 0.15) is 63.0 Å². The number of ether oxygens (including phenoxy) is 2. The lowest BCUT2D eigenvalue weighted by atomic mass is 9.48. The zero-order chi connectivity index (χ0) is 26.1. The third-order valence-electron chi connectivity index (χ3n) is 9.19. The van der Waals surface area contributed by atoms with Crippen LogP contribution in [0.25, 0.3) is 0 Å². The molecule has 1 saturated heterocycles. The van der Waals surface area contributed by atoms with Gasteiger partial charge in [0.2, 0.25) is 0 Å². The first-order chi connectivity index (χ1) is 16.8. The summed E-state index contributed by atoms with van der Waals surface area (Å²) in [5.41, 5.74) is -3.11. The van der Waals surface area contributed by atoms with E-state index in [4.69, 9.17) is 22.4 Å². The minimum Gasteiger partial charge on any atom is -0.741 e. The normalized spacial score (nSPS) is 36.4. The van der Waals surface area contributed by atoms with Crippen molar-refractivity contribution in [3.05, 3.63) is 23.3 Å². The summed E-state index contributed by atoms with van der Waals surface area (Å²) in [5.74, 6) is 2.02. The predicted octanol–water partition coefficient (Wildman–Crippen LogP) is 3.98. The van der Waals surface area contributed by atoms with Gasteiger partial charge in [0.25, 0.3) is 0 Å². The topological polar surface area (TPSA) is 95.9 Å². The van der Waals surface area contributed by atoms with Crippen molar-refractivity contribution < 1.29 is 45.2 Å². The molecule has 1 aromatic carbocycles. The Labute approximate surface area is 209 Å². The van der Waals surface area contributed by atoms with Crippen LogP contribution in [0, 0.1) is 5.92 Å². The number of piperidine rings is 1. The van der Waals surface area contributed by atoms with Gasteiger partial charge in [0.05, 0.1) is 25.6 Å². The number of alkyl halides is 3. The molecule has 0 amide bonds. The van der Waals surface area contributed by atoms with Crippen LogP contribution in [0.3, 0.4) is 0 Å². The number of halogens is 3. The molecule has 7 nitrogen and oxygen atoms in total. The highest BCUT2D eigenvalue weighted by Gasteiger charge is 2.75. The zero-order valence-electron chi connectivity index (χ0n) is 20.6. The van der Waals surface area contributed by atoms with Gasteiger partial charge in [-0.3, -0.25) is 0 Å². The van der Waals surface area contributed by atoms with E-state index in [1.807, 2.05) is 6.07 Å². The van der Waals surface area contributed by atoms with Gasteiger partial charge in [-0.15, -0.1) is 0 Å². The summed E-state index contributed by atoms with van der Waals surface area (Å²) in [5, 5.41) is 10.6. The van der Waals surface area contributed by atoms with Crippen LogP contribution in [-0.2, 0) is 26.7 Å². The second kappa shape index (κ2) is 8.47. The summed E-state index contributed by atoms with van der Waals surface area (Å²) in [7, 11) is -3.58. The monoisotopic (exact) mass is 533 g/mol. The lowest BCUT2D eigenvalue weighted by molar-refractivity contribution is -0.951. The summed E-state index contributed by atoms with van der Waals surface area (Å²) < 4.78 is 73.6. The van der Waals surface area contributed by atoms with Crippen LogP contribution >= 0.6 is 0 Å². The number of phenolic OH excluding ortho intramolecular Hbond substituents is 1. The molecule has 2 aliphatic heterocycles. The van der Waals surface area contributed by atoms with Crippen molar-refractivity contribution >= 4 is 10.1 Å². The molecule has 0 aromatic heterocycles. The third kappa shape index (κ3) is 3.75. The lowest BCUT2D eigenvalue weighted by Gasteiger charge is -2.66. The minimum atomic E-state index is -6.09. The molecule has 1 N–H and O–H groups in total. The second-order valence-corrected chi connectivity index (χ2v) is 12.7. The third-order valence-corrected chi connectivity index (χ3v) is 9.76. The molecule has 3 aliphatic carbocycles. The number of rotatable bonds is 5. The van der Waals surface area contributed by atoms with Gasteiger partial charge in [0.1, 0.15) is 17.7 Å². The number of likely N-dealkylation sites (tertiary alicyclic amines) is 1. The molecule has 5 aliphatic rings. The second-order valence-electron chi connectivity index (χ2n) is 11.4. The van der Waals surface area contributed by atoms with Crippen molar-refractivity contribution in [2.45, 2.75) is 87.0 Å². The Morgan fingerprint density at radius 3 is 2.56 bits per heavy atom. The van der Waals surface area contributed by atoms with Gasteiger partial charge in [-0.05, 0) is 50.2 Å². The Kier molecular flexibility index (Phi) is 6.14. The van der Waals surface area contributed by atoms with Gasteiger partial charge in [0, 0.05) is 30.9 Å². The van der Waals surface area contributed by atoms with Crippen LogP contribution in [0.5, 0.6) is 11.5 Å². The summed E-state index contributed by atoms with van der Waals surface area (Å²) in [6, 6.07) is 4.55. The summed E-state index contributed by atoms with van der Waals surface area (Å²) in [6.45, 7) is 5.58. The van der Waals surface area contributed by atoms with Crippen molar-refractivity contribution in [3.8, 4) is 11.5 Å². The standard InChI is InChI=1S/C24H33NO3.CHF3O3S/c1-3-13-27-24-10-4-5-20-23(24)11-12-25(2,15-16-6-7-16)19(24)14-17-8-9-18(26)22(28-20)21(17)23;2-1(3,4)8(5,6)7/h8-9,16,19-20H,3-7,10-15H2,1-2H3;(H,5,6,7)/t19-,20+,23-,24?,25?;/m1./s1. The zero-order valence-corrected chi connectivity index (χ0v) is 21.5.